The van der Waals surface area contributed by atoms with Crippen LogP contribution in [0, 0.1) is 5.82 Å². The summed E-state index contributed by atoms with van der Waals surface area (Å²) in [5.74, 6) is -0.460. The standard InChI is InChI=1S/C27H26ClF4N3O/c28-25-11-10-23(18-24(25)27(30,31)32)35(19-20-6-8-21(29)9-7-20)13-12-26(36)34-16-14-33(15-17-34)22-4-2-1-3-5-22/h1-11,18H,12-17,19H2. The van der Waals surface area contributed by atoms with Gasteiger partial charge in [0.25, 0.3) is 0 Å². The van der Waals surface area contributed by atoms with E-state index in [1.165, 1.54) is 24.3 Å². The van der Waals surface area contributed by atoms with Gasteiger partial charge in [0.15, 0.2) is 0 Å². The van der Waals surface area contributed by atoms with E-state index >= 15 is 0 Å². The molecule has 4 nitrogen and oxygen atoms in total. The minimum absolute atomic E-state index is 0.0585. The van der Waals surface area contributed by atoms with Crippen LogP contribution in [0.5, 0.6) is 0 Å². The van der Waals surface area contributed by atoms with Gasteiger partial charge in [-0.05, 0) is 48.0 Å². The average molecular weight is 520 g/mol. The van der Waals surface area contributed by atoms with Crippen molar-refractivity contribution in [3.63, 3.8) is 0 Å². The van der Waals surface area contributed by atoms with Gasteiger partial charge in [-0.1, -0.05) is 41.9 Å². The first kappa shape index (κ1) is 25.8. The Morgan fingerprint density at radius 2 is 1.58 bits per heavy atom. The zero-order valence-corrected chi connectivity index (χ0v) is 20.3. The zero-order valence-electron chi connectivity index (χ0n) is 19.5. The molecule has 190 valence electrons. The maximum atomic E-state index is 13.5. The highest BCUT2D eigenvalue weighted by Crippen LogP contribution is 2.37. The average Bonchev–Trinajstić information content (AvgIpc) is 2.88. The van der Waals surface area contributed by atoms with Crippen LogP contribution >= 0.6 is 11.6 Å². The van der Waals surface area contributed by atoms with Crippen molar-refractivity contribution in [2.24, 2.45) is 0 Å². The molecule has 1 aliphatic rings. The minimum Gasteiger partial charge on any atom is -0.368 e. The van der Waals surface area contributed by atoms with Crippen molar-refractivity contribution in [2.45, 2.75) is 19.1 Å². The summed E-state index contributed by atoms with van der Waals surface area (Å²) in [6, 6.07) is 19.4. The Hall–Kier alpha value is -3.26. The lowest BCUT2D eigenvalue weighted by Crippen LogP contribution is -2.49. The number of nitrogens with zero attached hydrogens (tertiary/aromatic N) is 3. The van der Waals surface area contributed by atoms with Crippen molar-refractivity contribution in [1.29, 1.82) is 0 Å². The summed E-state index contributed by atoms with van der Waals surface area (Å²) >= 11 is 5.80. The van der Waals surface area contributed by atoms with E-state index in [1.807, 2.05) is 30.3 Å². The Kier molecular flexibility index (Phi) is 8.04. The molecule has 9 heteroatoms. The van der Waals surface area contributed by atoms with E-state index < -0.39 is 17.6 Å². The van der Waals surface area contributed by atoms with Gasteiger partial charge in [0.1, 0.15) is 5.82 Å². The Morgan fingerprint density at radius 1 is 0.917 bits per heavy atom. The van der Waals surface area contributed by atoms with Crippen LogP contribution in [0.25, 0.3) is 0 Å². The van der Waals surface area contributed by atoms with Crippen molar-refractivity contribution < 1.29 is 22.4 Å². The van der Waals surface area contributed by atoms with Gasteiger partial charge in [0.05, 0.1) is 10.6 Å². The first-order valence-electron chi connectivity index (χ1n) is 11.6. The lowest BCUT2D eigenvalue weighted by molar-refractivity contribution is -0.137. The molecule has 0 spiro atoms. The first-order chi connectivity index (χ1) is 17.2. The molecule has 0 aliphatic carbocycles. The van der Waals surface area contributed by atoms with Crippen LogP contribution in [0.2, 0.25) is 5.02 Å². The van der Waals surface area contributed by atoms with Gasteiger partial charge in [-0.2, -0.15) is 13.2 Å². The number of para-hydroxylation sites is 1. The molecule has 4 rings (SSSR count). The van der Waals surface area contributed by atoms with Crippen LogP contribution in [0.15, 0.2) is 72.8 Å². The molecule has 0 N–H and O–H groups in total. The van der Waals surface area contributed by atoms with Crippen LogP contribution in [0.4, 0.5) is 28.9 Å². The molecule has 1 amide bonds. The highest BCUT2D eigenvalue weighted by atomic mass is 35.5. The predicted molar refractivity (Wildman–Crippen MR) is 134 cm³/mol. The number of carbonyl (C=O) groups excluding carboxylic acids is 1. The summed E-state index contributed by atoms with van der Waals surface area (Å²) < 4.78 is 53.8. The van der Waals surface area contributed by atoms with Crippen molar-refractivity contribution in [2.75, 3.05) is 42.5 Å². The molecule has 36 heavy (non-hydrogen) atoms. The summed E-state index contributed by atoms with van der Waals surface area (Å²) in [7, 11) is 0. The molecule has 0 atom stereocenters. The lowest BCUT2D eigenvalue weighted by atomic mass is 10.1. The van der Waals surface area contributed by atoms with Crippen LogP contribution < -0.4 is 9.80 Å². The fourth-order valence-electron chi connectivity index (χ4n) is 4.28. The van der Waals surface area contributed by atoms with Crippen molar-refractivity contribution in [3.8, 4) is 0 Å². The normalized spacial score (nSPS) is 14.1. The SMILES string of the molecule is O=C(CCN(Cc1ccc(F)cc1)c1ccc(Cl)c(C(F)(F)F)c1)N1CCN(c2ccccc2)CC1. The Bertz CT molecular complexity index is 1160. The maximum Gasteiger partial charge on any atom is 0.417 e. The number of carbonyl (C=O) groups is 1. The molecule has 3 aromatic rings. The predicted octanol–water partition coefficient (Wildman–Crippen LogP) is 6.24. The Morgan fingerprint density at radius 3 is 2.22 bits per heavy atom. The second kappa shape index (κ2) is 11.2. The van der Waals surface area contributed by atoms with Crippen LogP contribution in [-0.2, 0) is 17.5 Å². The summed E-state index contributed by atoms with van der Waals surface area (Å²) in [5.41, 5.74) is 1.17. The summed E-state index contributed by atoms with van der Waals surface area (Å²) in [6.45, 7) is 2.99. The molecule has 1 heterocycles. The van der Waals surface area contributed by atoms with E-state index in [9.17, 15) is 22.4 Å². The van der Waals surface area contributed by atoms with E-state index in [0.717, 1.165) is 11.8 Å². The number of amides is 1. The molecule has 0 unspecified atom stereocenters. The molecule has 0 bridgehead atoms. The highest BCUT2D eigenvalue weighted by molar-refractivity contribution is 6.31. The van der Waals surface area contributed by atoms with E-state index in [1.54, 1.807) is 21.9 Å². The quantitative estimate of drug-likeness (QED) is 0.346. The molecule has 0 saturated carbocycles. The number of anilines is 2. The van der Waals surface area contributed by atoms with Gasteiger partial charge >= 0.3 is 6.18 Å². The van der Waals surface area contributed by atoms with E-state index in [0.29, 0.717) is 31.7 Å². The number of benzene rings is 3. The topological polar surface area (TPSA) is 26.8 Å². The van der Waals surface area contributed by atoms with E-state index in [4.69, 9.17) is 11.6 Å². The van der Waals surface area contributed by atoms with Gasteiger partial charge in [-0.25, -0.2) is 4.39 Å². The number of hydrogen-bond acceptors (Lipinski definition) is 3. The fourth-order valence-corrected chi connectivity index (χ4v) is 4.50. The number of hydrogen-bond donors (Lipinski definition) is 0. The smallest absolute Gasteiger partial charge is 0.368 e. The van der Waals surface area contributed by atoms with Gasteiger partial charge in [-0.3, -0.25) is 4.79 Å². The van der Waals surface area contributed by atoms with Gasteiger partial charge in [0, 0.05) is 57.1 Å². The maximum absolute atomic E-state index is 13.5. The van der Waals surface area contributed by atoms with Crippen LogP contribution in [-0.4, -0.2) is 43.5 Å². The second-order valence-corrected chi connectivity index (χ2v) is 9.07. The van der Waals surface area contributed by atoms with Crippen molar-refractivity contribution in [1.82, 2.24) is 4.90 Å². The lowest BCUT2D eigenvalue weighted by Gasteiger charge is -2.36. The first-order valence-corrected chi connectivity index (χ1v) is 12.0. The highest BCUT2D eigenvalue weighted by Gasteiger charge is 2.34. The Labute approximate surface area is 212 Å². The van der Waals surface area contributed by atoms with E-state index in [-0.39, 0.29) is 36.1 Å². The number of rotatable bonds is 7. The third kappa shape index (κ3) is 6.49. The summed E-state index contributed by atoms with van der Waals surface area (Å²) in [4.78, 5) is 18.7. The van der Waals surface area contributed by atoms with Gasteiger partial charge in [0.2, 0.25) is 5.91 Å². The van der Waals surface area contributed by atoms with Crippen LogP contribution in [0.3, 0.4) is 0 Å². The molecule has 1 saturated heterocycles. The number of alkyl halides is 3. The monoisotopic (exact) mass is 519 g/mol. The third-order valence-corrected chi connectivity index (χ3v) is 6.59. The molecular formula is C27H26ClF4N3O. The third-order valence-electron chi connectivity index (χ3n) is 6.26. The second-order valence-electron chi connectivity index (χ2n) is 8.66. The Balaban J connectivity index is 1.45. The zero-order chi connectivity index (χ0) is 25.7. The van der Waals surface area contributed by atoms with Gasteiger partial charge in [-0.15, -0.1) is 0 Å². The van der Waals surface area contributed by atoms with Crippen LogP contribution in [0.1, 0.15) is 17.5 Å². The molecule has 3 aromatic carbocycles. The van der Waals surface area contributed by atoms with Gasteiger partial charge < -0.3 is 14.7 Å². The molecule has 1 aliphatic heterocycles. The number of halogens is 5. The molecule has 0 aromatic heterocycles. The molecular weight excluding hydrogens is 494 g/mol. The largest absolute Gasteiger partial charge is 0.417 e. The molecule has 1 fully saturated rings. The van der Waals surface area contributed by atoms with E-state index in [2.05, 4.69) is 4.90 Å². The number of piperazine rings is 1. The summed E-state index contributed by atoms with van der Waals surface area (Å²) in [5, 5.41) is -0.389. The summed E-state index contributed by atoms with van der Waals surface area (Å²) in [6.07, 6.45) is -4.47. The van der Waals surface area contributed by atoms with Crippen molar-refractivity contribution in [3.05, 3.63) is 94.8 Å². The molecule has 0 radical (unpaired) electrons. The minimum atomic E-state index is -4.61. The van der Waals surface area contributed by atoms with Crippen molar-refractivity contribution >= 4 is 28.9 Å². The fraction of sp³-hybridized carbons (Fsp3) is 0.296.